The third-order valence-electron chi connectivity index (χ3n) is 13.5. The van der Waals surface area contributed by atoms with Gasteiger partial charge >= 0.3 is 0 Å². The largest absolute Gasteiger partial charge is 0.310 e. The molecule has 0 saturated carbocycles. The van der Waals surface area contributed by atoms with Gasteiger partial charge in [0.2, 0.25) is 0 Å². The van der Waals surface area contributed by atoms with Crippen LogP contribution in [0.15, 0.2) is 237 Å². The summed E-state index contributed by atoms with van der Waals surface area (Å²) in [5, 5.41) is 2.57. The highest BCUT2D eigenvalue weighted by atomic mass is 32.1. The van der Waals surface area contributed by atoms with Gasteiger partial charge in [0, 0.05) is 37.2 Å². The summed E-state index contributed by atoms with van der Waals surface area (Å²) in [6.07, 6.45) is 0. The van der Waals surface area contributed by atoms with E-state index in [1.807, 2.05) is 11.3 Å². The molecule has 2 heteroatoms. The minimum absolute atomic E-state index is 0.361. The topological polar surface area (TPSA) is 3.24 Å². The summed E-state index contributed by atoms with van der Waals surface area (Å²) in [5.41, 5.74) is 21.1. The molecular weight excluding hydrogens is 779 g/mol. The Labute approximate surface area is 371 Å². The Kier molecular flexibility index (Phi) is 8.06. The average molecular weight is 818 g/mol. The van der Waals surface area contributed by atoms with Crippen LogP contribution in [0, 0.1) is 0 Å². The standard InChI is InChI=1S/C61H39NS/c1-3-15-40(16-4-1)42-19-13-21-46(35-42)62(47-22-14-20-43(36-47)41-17-5-2-6-18-41)48-31-34-54-53-33-30-45(38-59(53)63-60(54)39-48)44-29-32-52-51-25-9-12-28-57(51)61(58(52)37-44)55-26-10-7-23-49(55)50-24-8-11-27-56(50)61/h1-39H. The molecule has 0 bridgehead atoms. The van der Waals surface area contributed by atoms with Crippen LogP contribution < -0.4 is 4.90 Å². The van der Waals surface area contributed by atoms with E-state index in [1.165, 1.54) is 98.1 Å². The molecule has 2 aliphatic carbocycles. The van der Waals surface area contributed by atoms with Crippen molar-refractivity contribution in [1.29, 1.82) is 0 Å². The van der Waals surface area contributed by atoms with Crippen LogP contribution in [0.2, 0.25) is 0 Å². The Morgan fingerprint density at radius 2 is 0.683 bits per heavy atom. The molecule has 10 aromatic carbocycles. The van der Waals surface area contributed by atoms with Gasteiger partial charge in [-0.15, -0.1) is 11.3 Å². The minimum Gasteiger partial charge on any atom is -0.310 e. The third-order valence-corrected chi connectivity index (χ3v) is 14.6. The Balaban J connectivity index is 0.937. The quantitative estimate of drug-likeness (QED) is 0.162. The monoisotopic (exact) mass is 817 g/mol. The van der Waals surface area contributed by atoms with Crippen LogP contribution in [0.3, 0.4) is 0 Å². The molecule has 11 aromatic rings. The van der Waals surface area contributed by atoms with Gasteiger partial charge in [0.15, 0.2) is 0 Å². The Morgan fingerprint density at radius 1 is 0.270 bits per heavy atom. The molecule has 0 unspecified atom stereocenters. The molecule has 0 aliphatic heterocycles. The maximum Gasteiger partial charge on any atom is 0.0725 e. The number of hydrogen-bond acceptors (Lipinski definition) is 2. The van der Waals surface area contributed by atoms with Gasteiger partial charge in [-0.05, 0) is 126 Å². The molecular formula is C61H39NS. The van der Waals surface area contributed by atoms with E-state index in [4.69, 9.17) is 0 Å². The van der Waals surface area contributed by atoms with Crippen molar-refractivity contribution < 1.29 is 0 Å². The summed E-state index contributed by atoms with van der Waals surface area (Å²) in [7, 11) is 0. The first-order valence-electron chi connectivity index (χ1n) is 21.7. The van der Waals surface area contributed by atoms with E-state index in [9.17, 15) is 0 Å². The summed E-state index contributed by atoms with van der Waals surface area (Å²) >= 11 is 1.88. The second-order valence-electron chi connectivity index (χ2n) is 16.8. The summed E-state index contributed by atoms with van der Waals surface area (Å²) in [4.78, 5) is 2.41. The van der Waals surface area contributed by atoms with Crippen molar-refractivity contribution >= 4 is 48.6 Å². The molecule has 63 heavy (non-hydrogen) atoms. The fourth-order valence-corrected chi connectivity index (χ4v) is 11.9. The zero-order valence-electron chi connectivity index (χ0n) is 34.4. The van der Waals surface area contributed by atoms with Gasteiger partial charge in [-0.2, -0.15) is 0 Å². The lowest BCUT2D eigenvalue weighted by atomic mass is 9.70. The summed E-state index contributed by atoms with van der Waals surface area (Å²) in [6.45, 7) is 0. The van der Waals surface area contributed by atoms with Crippen LogP contribution in [-0.2, 0) is 5.41 Å². The van der Waals surface area contributed by atoms with Gasteiger partial charge in [0.1, 0.15) is 0 Å². The molecule has 0 fully saturated rings. The van der Waals surface area contributed by atoms with Crippen LogP contribution >= 0.6 is 11.3 Å². The highest BCUT2D eigenvalue weighted by Crippen LogP contribution is 2.63. The van der Waals surface area contributed by atoms with Crippen molar-refractivity contribution in [3.8, 4) is 55.6 Å². The number of nitrogens with zero attached hydrogens (tertiary/aromatic N) is 1. The predicted octanol–water partition coefficient (Wildman–Crippen LogP) is 16.9. The Morgan fingerprint density at radius 3 is 1.25 bits per heavy atom. The first kappa shape index (κ1) is 35.9. The van der Waals surface area contributed by atoms with Crippen LogP contribution in [0.1, 0.15) is 22.3 Å². The average Bonchev–Trinajstić information content (AvgIpc) is 3.98. The second kappa shape index (κ2) is 14.1. The summed E-state index contributed by atoms with van der Waals surface area (Å²) in [6, 6.07) is 87.6. The van der Waals surface area contributed by atoms with Gasteiger partial charge < -0.3 is 4.90 Å². The minimum atomic E-state index is -0.361. The van der Waals surface area contributed by atoms with Gasteiger partial charge in [-0.1, -0.05) is 188 Å². The van der Waals surface area contributed by atoms with Crippen molar-refractivity contribution in [1.82, 2.24) is 0 Å². The summed E-state index contributed by atoms with van der Waals surface area (Å²) in [5.74, 6) is 0. The maximum absolute atomic E-state index is 2.49. The molecule has 0 amide bonds. The number of fused-ring (bicyclic) bond motifs is 13. The van der Waals surface area contributed by atoms with Crippen molar-refractivity contribution in [2.24, 2.45) is 0 Å². The smallest absolute Gasteiger partial charge is 0.0725 e. The number of rotatable bonds is 6. The molecule has 1 aromatic heterocycles. The molecule has 1 heterocycles. The van der Waals surface area contributed by atoms with E-state index in [0.29, 0.717) is 0 Å². The molecule has 294 valence electrons. The lowest BCUT2D eigenvalue weighted by molar-refractivity contribution is 0.794. The zero-order chi connectivity index (χ0) is 41.5. The molecule has 1 nitrogen and oxygen atoms in total. The van der Waals surface area contributed by atoms with Crippen LogP contribution in [0.25, 0.3) is 75.8 Å². The van der Waals surface area contributed by atoms with Gasteiger partial charge in [-0.25, -0.2) is 0 Å². The van der Waals surface area contributed by atoms with Gasteiger partial charge in [0.25, 0.3) is 0 Å². The maximum atomic E-state index is 2.49. The molecule has 1 spiro atoms. The Hall–Kier alpha value is -7.78. The SMILES string of the molecule is c1ccc(-c2cccc(N(c3cccc(-c4ccccc4)c3)c3ccc4c(c3)sc3cc(-c5ccc6c(c5)C5(c7ccccc7-c7ccccc75)c5ccccc5-6)ccc34)c2)cc1. The Bertz CT molecular complexity index is 3430. The van der Waals surface area contributed by atoms with Gasteiger partial charge in [-0.3, -0.25) is 0 Å². The molecule has 2 aliphatic rings. The zero-order valence-corrected chi connectivity index (χ0v) is 35.2. The molecule has 0 N–H and O–H groups in total. The number of thiophene rings is 1. The van der Waals surface area contributed by atoms with E-state index < -0.39 is 0 Å². The highest BCUT2D eigenvalue weighted by Gasteiger charge is 2.51. The lowest BCUT2D eigenvalue weighted by Crippen LogP contribution is -2.25. The van der Waals surface area contributed by atoms with E-state index in [-0.39, 0.29) is 5.41 Å². The molecule has 0 saturated heterocycles. The third kappa shape index (κ3) is 5.48. The number of hydrogen-bond donors (Lipinski definition) is 0. The number of anilines is 3. The fourth-order valence-electron chi connectivity index (χ4n) is 10.7. The van der Waals surface area contributed by atoms with E-state index in [1.54, 1.807) is 0 Å². The molecule has 0 atom stereocenters. The second-order valence-corrected chi connectivity index (χ2v) is 17.9. The van der Waals surface area contributed by atoms with E-state index in [0.717, 1.165) is 17.1 Å². The van der Waals surface area contributed by atoms with E-state index >= 15 is 0 Å². The number of benzene rings is 10. The summed E-state index contributed by atoms with van der Waals surface area (Å²) < 4.78 is 2.56. The van der Waals surface area contributed by atoms with Crippen molar-refractivity contribution in [3.05, 3.63) is 259 Å². The van der Waals surface area contributed by atoms with Crippen LogP contribution in [-0.4, -0.2) is 0 Å². The van der Waals surface area contributed by atoms with Crippen molar-refractivity contribution in [2.45, 2.75) is 5.41 Å². The van der Waals surface area contributed by atoms with Gasteiger partial charge in [0.05, 0.1) is 5.41 Å². The first-order chi connectivity index (χ1) is 31.2. The van der Waals surface area contributed by atoms with Crippen LogP contribution in [0.5, 0.6) is 0 Å². The fraction of sp³-hybridized carbons (Fsp3) is 0.0164. The van der Waals surface area contributed by atoms with Crippen molar-refractivity contribution in [3.63, 3.8) is 0 Å². The van der Waals surface area contributed by atoms with E-state index in [2.05, 4.69) is 241 Å². The predicted molar refractivity (Wildman–Crippen MR) is 267 cm³/mol. The highest BCUT2D eigenvalue weighted by molar-refractivity contribution is 7.25. The first-order valence-corrected chi connectivity index (χ1v) is 22.6. The lowest BCUT2D eigenvalue weighted by Gasteiger charge is -2.30. The van der Waals surface area contributed by atoms with Crippen molar-refractivity contribution in [2.75, 3.05) is 4.90 Å². The molecule has 0 radical (unpaired) electrons. The van der Waals surface area contributed by atoms with Crippen LogP contribution in [0.4, 0.5) is 17.1 Å². The normalized spacial score (nSPS) is 12.9. The molecule has 13 rings (SSSR count).